The number of hydrogen-bond donors (Lipinski definition) is 1. The molecular formula is C18H18Cl2N2O3S. The number of halogens is 2. The maximum Gasteiger partial charge on any atom is 0.250 e. The average molecular weight is 413 g/mol. The van der Waals surface area contributed by atoms with Gasteiger partial charge in [0.25, 0.3) is 0 Å². The molecule has 1 amide bonds. The van der Waals surface area contributed by atoms with E-state index in [1.807, 2.05) is 12.1 Å². The van der Waals surface area contributed by atoms with E-state index in [2.05, 4.69) is 10.5 Å². The van der Waals surface area contributed by atoms with Crippen molar-refractivity contribution in [3.63, 3.8) is 0 Å². The fourth-order valence-corrected chi connectivity index (χ4v) is 3.69. The van der Waals surface area contributed by atoms with Crippen LogP contribution >= 0.6 is 35.0 Å². The summed E-state index contributed by atoms with van der Waals surface area (Å²) in [6, 6.07) is 10.7. The van der Waals surface area contributed by atoms with Crippen LogP contribution in [0.2, 0.25) is 10.0 Å². The summed E-state index contributed by atoms with van der Waals surface area (Å²) < 4.78 is 10.5. The molecule has 2 aromatic rings. The van der Waals surface area contributed by atoms with E-state index in [-0.39, 0.29) is 11.7 Å². The molecule has 2 aromatic carbocycles. The van der Waals surface area contributed by atoms with Gasteiger partial charge in [-0.2, -0.15) is 5.10 Å². The minimum absolute atomic E-state index is 0.226. The van der Waals surface area contributed by atoms with E-state index in [0.717, 1.165) is 5.56 Å². The lowest BCUT2D eigenvalue weighted by atomic mass is 10.2. The highest BCUT2D eigenvalue weighted by Gasteiger charge is 2.09. The molecule has 0 saturated carbocycles. The number of hydrazone groups is 1. The van der Waals surface area contributed by atoms with Crippen molar-refractivity contribution in [2.45, 2.75) is 5.75 Å². The molecule has 0 radical (unpaired) electrons. The van der Waals surface area contributed by atoms with E-state index >= 15 is 0 Å². The third kappa shape index (κ3) is 5.56. The van der Waals surface area contributed by atoms with Gasteiger partial charge in [-0.25, -0.2) is 5.43 Å². The Balaban J connectivity index is 1.86. The summed E-state index contributed by atoms with van der Waals surface area (Å²) in [6.45, 7) is 0. The molecule has 0 aromatic heterocycles. The van der Waals surface area contributed by atoms with Gasteiger partial charge in [-0.15, -0.1) is 11.8 Å². The van der Waals surface area contributed by atoms with Crippen LogP contribution in [0.1, 0.15) is 11.1 Å². The van der Waals surface area contributed by atoms with E-state index in [4.69, 9.17) is 32.7 Å². The first-order chi connectivity index (χ1) is 12.6. The van der Waals surface area contributed by atoms with Crippen molar-refractivity contribution in [1.29, 1.82) is 0 Å². The molecule has 0 aliphatic heterocycles. The molecule has 0 unspecified atom stereocenters. The largest absolute Gasteiger partial charge is 0.493 e. The van der Waals surface area contributed by atoms with Gasteiger partial charge in [0.1, 0.15) is 0 Å². The van der Waals surface area contributed by atoms with E-state index in [9.17, 15) is 4.79 Å². The van der Waals surface area contributed by atoms with Crippen molar-refractivity contribution in [1.82, 2.24) is 5.43 Å². The van der Waals surface area contributed by atoms with Crippen LogP contribution in [0.25, 0.3) is 0 Å². The Hall–Kier alpha value is -1.89. The van der Waals surface area contributed by atoms with Crippen LogP contribution < -0.4 is 14.9 Å². The molecule has 2 rings (SSSR count). The summed E-state index contributed by atoms with van der Waals surface area (Å²) in [6.07, 6.45) is 1.51. The molecule has 26 heavy (non-hydrogen) atoms. The van der Waals surface area contributed by atoms with Crippen molar-refractivity contribution in [2.75, 3.05) is 20.0 Å². The Labute approximate surface area is 166 Å². The Bertz CT molecular complexity index is 780. The fourth-order valence-electron chi connectivity index (χ4n) is 2.14. The quantitative estimate of drug-likeness (QED) is 0.515. The monoisotopic (exact) mass is 412 g/mol. The second-order valence-electron chi connectivity index (χ2n) is 5.07. The molecule has 0 aliphatic rings. The van der Waals surface area contributed by atoms with Gasteiger partial charge in [-0.3, -0.25) is 4.79 Å². The Morgan fingerprint density at radius 2 is 1.85 bits per heavy atom. The number of benzene rings is 2. The molecule has 0 saturated heterocycles. The number of thioether (sulfide) groups is 1. The SMILES string of the molecule is COc1cccc(/C=N\NC(=O)CSCc2c(Cl)cccc2Cl)c1OC. The molecule has 0 aliphatic carbocycles. The molecule has 0 fully saturated rings. The second kappa shape index (κ2) is 10.3. The molecule has 0 spiro atoms. The highest BCUT2D eigenvalue weighted by atomic mass is 35.5. The standard InChI is InChI=1S/C18H18Cl2N2O3S/c1-24-16-8-3-5-12(18(16)25-2)9-21-22-17(23)11-26-10-13-14(19)6-4-7-15(13)20/h3-9H,10-11H2,1-2H3,(H,22,23)/b21-9-. The summed E-state index contributed by atoms with van der Waals surface area (Å²) >= 11 is 13.6. The third-order valence-electron chi connectivity index (χ3n) is 3.37. The van der Waals surface area contributed by atoms with Crippen molar-refractivity contribution >= 4 is 47.1 Å². The van der Waals surface area contributed by atoms with Crippen LogP contribution in [0.4, 0.5) is 0 Å². The van der Waals surface area contributed by atoms with Gasteiger partial charge in [0.2, 0.25) is 5.91 Å². The van der Waals surface area contributed by atoms with Crippen LogP contribution in [0.15, 0.2) is 41.5 Å². The van der Waals surface area contributed by atoms with Gasteiger partial charge < -0.3 is 9.47 Å². The average Bonchev–Trinajstić information content (AvgIpc) is 2.63. The predicted molar refractivity (Wildman–Crippen MR) is 108 cm³/mol. The molecule has 138 valence electrons. The van der Waals surface area contributed by atoms with Crippen molar-refractivity contribution in [3.05, 3.63) is 57.6 Å². The van der Waals surface area contributed by atoms with Gasteiger partial charge in [0, 0.05) is 21.4 Å². The number of nitrogens with zero attached hydrogens (tertiary/aromatic N) is 1. The van der Waals surface area contributed by atoms with Crippen LogP contribution in [-0.2, 0) is 10.5 Å². The number of ether oxygens (including phenoxy) is 2. The minimum Gasteiger partial charge on any atom is -0.493 e. The molecule has 8 heteroatoms. The minimum atomic E-state index is -0.226. The second-order valence-corrected chi connectivity index (χ2v) is 6.87. The lowest BCUT2D eigenvalue weighted by molar-refractivity contribution is -0.118. The van der Waals surface area contributed by atoms with E-state index in [0.29, 0.717) is 32.9 Å². The van der Waals surface area contributed by atoms with Crippen molar-refractivity contribution in [3.8, 4) is 11.5 Å². The highest BCUT2D eigenvalue weighted by Crippen LogP contribution is 2.29. The molecule has 5 nitrogen and oxygen atoms in total. The number of nitrogens with one attached hydrogen (secondary N) is 1. The number of hydrogen-bond acceptors (Lipinski definition) is 5. The first-order valence-electron chi connectivity index (χ1n) is 7.60. The Morgan fingerprint density at radius 3 is 2.50 bits per heavy atom. The lowest BCUT2D eigenvalue weighted by Crippen LogP contribution is -2.19. The summed E-state index contributed by atoms with van der Waals surface area (Å²) in [5.74, 6) is 1.69. The van der Waals surface area contributed by atoms with Gasteiger partial charge in [0.05, 0.1) is 26.2 Å². The third-order valence-corrected chi connectivity index (χ3v) is 5.03. The zero-order valence-electron chi connectivity index (χ0n) is 14.3. The molecule has 0 bridgehead atoms. The maximum atomic E-state index is 11.9. The number of carbonyl (C=O) groups is 1. The number of rotatable bonds is 8. The van der Waals surface area contributed by atoms with E-state index < -0.39 is 0 Å². The van der Waals surface area contributed by atoms with Crippen LogP contribution in [0, 0.1) is 0 Å². The van der Waals surface area contributed by atoms with Gasteiger partial charge in [0.15, 0.2) is 11.5 Å². The van der Waals surface area contributed by atoms with Gasteiger partial charge in [-0.05, 0) is 29.8 Å². The number of carbonyl (C=O) groups excluding carboxylic acids is 1. The smallest absolute Gasteiger partial charge is 0.250 e. The van der Waals surface area contributed by atoms with Crippen LogP contribution in [-0.4, -0.2) is 32.1 Å². The summed E-state index contributed by atoms with van der Waals surface area (Å²) in [5.41, 5.74) is 4.00. The fraction of sp³-hybridized carbons (Fsp3) is 0.222. The zero-order chi connectivity index (χ0) is 18.9. The zero-order valence-corrected chi connectivity index (χ0v) is 16.6. The maximum absolute atomic E-state index is 11.9. The summed E-state index contributed by atoms with van der Waals surface area (Å²) in [5, 5.41) is 5.14. The first-order valence-corrected chi connectivity index (χ1v) is 9.51. The summed E-state index contributed by atoms with van der Waals surface area (Å²) in [7, 11) is 3.10. The Kier molecular flexibility index (Phi) is 8.09. The highest BCUT2D eigenvalue weighted by molar-refractivity contribution is 7.99. The van der Waals surface area contributed by atoms with Crippen molar-refractivity contribution in [2.24, 2.45) is 5.10 Å². The first kappa shape index (κ1) is 20.4. The molecular weight excluding hydrogens is 395 g/mol. The molecule has 0 heterocycles. The number of methoxy groups -OCH3 is 2. The predicted octanol–water partition coefficient (Wildman–Crippen LogP) is 4.39. The number of amides is 1. The summed E-state index contributed by atoms with van der Waals surface area (Å²) in [4.78, 5) is 11.9. The van der Waals surface area contributed by atoms with Gasteiger partial charge >= 0.3 is 0 Å². The van der Waals surface area contributed by atoms with Crippen LogP contribution in [0.3, 0.4) is 0 Å². The Morgan fingerprint density at radius 1 is 1.15 bits per heavy atom. The van der Waals surface area contributed by atoms with E-state index in [1.165, 1.54) is 18.0 Å². The van der Waals surface area contributed by atoms with Crippen LogP contribution in [0.5, 0.6) is 11.5 Å². The van der Waals surface area contributed by atoms with Gasteiger partial charge in [-0.1, -0.05) is 35.3 Å². The normalized spacial score (nSPS) is 10.8. The topological polar surface area (TPSA) is 59.9 Å². The van der Waals surface area contributed by atoms with Crippen molar-refractivity contribution < 1.29 is 14.3 Å². The van der Waals surface area contributed by atoms with E-state index in [1.54, 1.807) is 38.5 Å². The molecule has 0 atom stereocenters. The lowest BCUT2D eigenvalue weighted by Gasteiger charge is -2.09. The number of para-hydroxylation sites is 1. The molecule has 1 N–H and O–H groups in total.